The second-order valence-corrected chi connectivity index (χ2v) is 31.1. The number of aryl methyl sites for hydroxylation is 4. The van der Waals surface area contributed by atoms with E-state index < -0.39 is 87.5 Å². The van der Waals surface area contributed by atoms with Gasteiger partial charge in [-0.15, -0.1) is 0 Å². The smallest absolute Gasteiger partial charge is 0.408 e. The maximum atomic E-state index is 7.39. The van der Waals surface area contributed by atoms with Crippen LogP contribution in [0.5, 0.6) is 34.5 Å². The largest absolute Gasteiger partial charge is 0.530 e. The minimum Gasteiger partial charge on any atom is -0.408 e. The summed E-state index contributed by atoms with van der Waals surface area (Å²) in [5, 5.41) is 1.79. The third-order valence-corrected chi connectivity index (χ3v) is 21.5. The van der Waals surface area contributed by atoms with Gasteiger partial charge in [0.2, 0.25) is 0 Å². The minimum atomic E-state index is -2.49. The summed E-state index contributed by atoms with van der Waals surface area (Å²) in [7, 11) is -3.39. The summed E-state index contributed by atoms with van der Waals surface area (Å²) in [5.41, 5.74) is 3.63. The number of methoxy groups -OCH3 is 1. The molecule has 0 aromatic heterocycles. The summed E-state index contributed by atoms with van der Waals surface area (Å²) >= 11 is 27.2. The van der Waals surface area contributed by atoms with Crippen LogP contribution >= 0.6 is 63.6 Å². The first-order valence-electron chi connectivity index (χ1n) is 30.6. The first-order valence-corrected chi connectivity index (χ1v) is 34.3. The highest BCUT2D eigenvalue weighted by Crippen LogP contribution is 2.57. The lowest BCUT2D eigenvalue weighted by molar-refractivity contribution is -0.193. The van der Waals surface area contributed by atoms with E-state index in [-0.39, 0.29) is 0 Å². The Balaban J connectivity index is 1.18. The van der Waals surface area contributed by atoms with Crippen molar-refractivity contribution < 1.29 is 65.0 Å². The van der Waals surface area contributed by atoms with E-state index in [2.05, 4.69) is 45.9 Å². The maximum Gasteiger partial charge on any atom is 0.530 e. The normalized spacial score (nSPS) is 19.5. The Morgan fingerprint density at radius 1 is 0.451 bits per heavy atom. The van der Waals surface area contributed by atoms with Gasteiger partial charge in [-0.2, -0.15) is 0 Å². The van der Waals surface area contributed by atoms with Gasteiger partial charge in [-0.3, -0.25) is 0 Å². The van der Waals surface area contributed by atoms with Gasteiger partial charge in [0.25, 0.3) is 0 Å². The number of hydrogen-bond donors (Lipinski definition) is 0. The van der Waals surface area contributed by atoms with E-state index in [4.69, 9.17) is 111 Å². The summed E-state index contributed by atoms with van der Waals surface area (Å²) < 4.78 is 95.5. The number of halogens is 4. The molecule has 0 aliphatic carbocycles. The van der Waals surface area contributed by atoms with Gasteiger partial charge in [-0.25, -0.2) is 0 Å². The van der Waals surface area contributed by atoms with Gasteiger partial charge in [0.15, 0.2) is 25.2 Å². The van der Waals surface area contributed by atoms with Crippen LogP contribution in [0.15, 0.2) is 91.0 Å². The second-order valence-electron chi connectivity index (χ2n) is 27.4. The van der Waals surface area contributed by atoms with Gasteiger partial charge in [0, 0.05) is 44.2 Å². The van der Waals surface area contributed by atoms with Crippen LogP contribution in [0.25, 0.3) is 0 Å². The molecule has 0 amide bonds. The number of benzene rings is 6. The first kappa shape index (κ1) is 71.1. The zero-order valence-corrected chi connectivity index (χ0v) is 61.2. The molecule has 6 aromatic carbocycles. The van der Waals surface area contributed by atoms with Crippen molar-refractivity contribution in [1.82, 2.24) is 0 Å². The fraction of sp³-hybridized carbons (Fsp3) is 0.493. The Hall–Kier alpha value is -4.18. The summed E-state index contributed by atoms with van der Waals surface area (Å²) in [6.45, 7) is 42.3. The quantitative estimate of drug-likeness (QED) is 0.0472. The molecule has 20 heteroatoms. The fourth-order valence-electron chi connectivity index (χ4n) is 10.6. The SMILES string of the molecule is CCC(C)(C)OC(OC)c1cc(Cl)ccc1OP(Oc1ccc(Cl)cc1C1OC(C)(C)C(C)(C)O1)Oc1c(C)cc(C)c(C)c1C(C)c1cc(C)cc(C)c1OP(Oc1ccc(Cl)cc1C1OC(C)(C)C(C)(C)O1)Oc1ccc(Cl)cc1C1OC(C)(C)C(C)(C)O1. The fourth-order valence-corrected chi connectivity index (χ4v) is 13.6. The van der Waals surface area contributed by atoms with Crippen molar-refractivity contribution in [2.24, 2.45) is 0 Å². The highest BCUT2D eigenvalue weighted by molar-refractivity contribution is 7.43. The maximum absolute atomic E-state index is 7.39. The van der Waals surface area contributed by atoms with Crippen LogP contribution in [0.2, 0.25) is 20.1 Å². The highest BCUT2D eigenvalue weighted by Gasteiger charge is 2.53. The highest BCUT2D eigenvalue weighted by atomic mass is 35.5. The summed E-state index contributed by atoms with van der Waals surface area (Å²) in [5.74, 6) is 1.97. The summed E-state index contributed by atoms with van der Waals surface area (Å²) in [6.07, 6.45) is -2.80. The van der Waals surface area contributed by atoms with Crippen molar-refractivity contribution in [2.75, 3.05) is 7.11 Å². The van der Waals surface area contributed by atoms with Crippen molar-refractivity contribution in [3.8, 4) is 34.5 Å². The molecule has 3 aliphatic rings. The lowest BCUT2D eigenvalue weighted by atomic mass is 9.84. The van der Waals surface area contributed by atoms with E-state index in [1.165, 1.54) is 0 Å². The molecular weight excluding hydrogens is 1280 g/mol. The number of ether oxygens (including phenoxy) is 8. The Kier molecular flexibility index (Phi) is 20.9. The average molecular weight is 1370 g/mol. The molecule has 0 saturated carbocycles. The Morgan fingerprint density at radius 3 is 1.19 bits per heavy atom. The van der Waals surface area contributed by atoms with E-state index >= 15 is 0 Å². The van der Waals surface area contributed by atoms with E-state index in [9.17, 15) is 0 Å². The van der Waals surface area contributed by atoms with Gasteiger partial charge >= 0.3 is 17.2 Å². The zero-order valence-electron chi connectivity index (χ0n) is 56.4. The lowest BCUT2D eigenvalue weighted by Crippen LogP contribution is -2.41. The monoisotopic (exact) mass is 1370 g/mol. The third-order valence-electron chi connectivity index (χ3n) is 18.6. The van der Waals surface area contributed by atoms with E-state index in [0.29, 0.717) is 83.3 Å². The Bertz CT molecular complexity index is 3530. The molecule has 0 spiro atoms. The van der Waals surface area contributed by atoms with Gasteiger partial charge < -0.3 is 65.0 Å². The minimum absolute atomic E-state index is 0.347. The summed E-state index contributed by atoms with van der Waals surface area (Å²) in [4.78, 5) is 0. The molecule has 494 valence electrons. The van der Waals surface area contributed by atoms with Crippen molar-refractivity contribution in [1.29, 1.82) is 0 Å². The predicted molar refractivity (Wildman–Crippen MR) is 362 cm³/mol. The van der Waals surface area contributed by atoms with Crippen molar-refractivity contribution in [3.05, 3.63) is 172 Å². The van der Waals surface area contributed by atoms with Crippen molar-refractivity contribution >= 4 is 63.6 Å². The Labute approximate surface area is 561 Å². The molecule has 91 heavy (non-hydrogen) atoms. The topological polar surface area (TPSA) is 129 Å². The van der Waals surface area contributed by atoms with Crippen LogP contribution < -0.4 is 27.1 Å². The zero-order chi connectivity index (χ0) is 66.9. The average Bonchev–Trinajstić information content (AvgIpc) is 1.79. The first-order chi connectivity index (χ1) is 42.2. The molecule has 9 rings (SSSR count). The lowest BCUT2D eigenvalue weighted by Gasteiger charge is -2.31. The van der Waals surface area contributed by atoms with Crippen molar-refractivity contribution in [3.63, 3.8) is 0 Å². The molecule has 3 fully saturated rings. The van der Waals surface area contributed by atoms with Gasteiger partial charge in [-0.1, -0.05) is 84.0 Å². The van der Waals surface area contributed by atoms with Crippen LogP contribution in [0.1, 0.15) is 209 Å². The third kappa shape index (κ3) is 15.3. The molecule has 3 saturated heterocycles. The molecule has 6 aromatic rings. The summed E-state index contributed by atoms with van der Waals surface area (Å²) in [6, 6.07) is 27.4. The van der Waals surface area contributed by atoms with E-state index in [1.54, 1.807) is 79.9 Å². The molecular formula is C71H88Cl4O14P2. The number of hydrogen-bond acceptors (Lipinski definition) is 14. The number of rotatable bonds is 22. The molecule has 3 aliphatic heterocycles. The van der Waals surface area contributed by atoms with Crippen LogP contribution in [0.3, 0.4) is 0 Å². The van der Waals surface area contributed by atoms with Crippen LogP contribution in [-0.4, -0.2) is 46.3 Å². The van der Waals surface area contributed by atoms with E-state index in [0.717, 1.165) is 38.9 Å². The standard InChI is InChI=1S/C71H88Cl4O14P2/c1-23-65(8,9)77-61(76-22)50-35-45(72)24-28-54(50)84-91(87-57-31-27-48(75)38-53(57)64-82-70(18,19)71(20,21)83-64)89-60-42(5)34-40(3)43(6)58(60)44(7)49-33-39(2)32-41(4)59(49)88-90(85-55-29-25-46(73)36-51(55)62-78-66(10,11)67(12,13)79-62)86-56-30-26-47(74)37-52(56)63-80-68(14,15)69(16,17)81-63/h24-38,44,61-64H,23H2,1-22H3. The molecule has 3 atom stereocenters. The molecule has 14 nitrogen and oxygen atoms in total. The second kappa shape index (κ2) is 26.8. The van der Waals surface area contributed by atoms with Crippen LogP contribution in [0.4, 0.5) is 0 Å². The molecule has 0 radical (unpaired) electrons. The van der Waals surface area contributed by atoms with Gasteiger partial charge in [-0.05, 0) is 233 Å². The van der Waals surface area contributed by atoms with E-state index in [1.807, 2.05) is 118 Å². The van der Waals surface area contributed by atoms with Gasteiger partial charge in [0.05, 0.1) is 61.5 Å². The predicted octanol–water partition coefficient (Wildman–Crippen LogP) is 22.2. The molecule has 0 bridgehead atoms. The van der Waals surface area contributed by atoms with Gasteiger partial charge in [0.1, 0.15) is 34.5 Å². The van der Waals surface area contributed by atoms with Crippen LogP contribution in [-0.2, 0) is 37.9 Å². The molecule has 0 N–H and O–H groups in total. The molecule has 3 heterocycles. The Morgan fingerprint density at radius 2 is 0.802 bits per heavy atom. The molecule has 3 unspecified atom stereocenters. The van der Waals surface area contributed by atoms with Crippen LogP contribution in [0, 0.1) is 34.6 Å². The van der Waals surface area contributed by atoms with Crippen molar-refractivity contribution in [2.45, 2.75) is 222 Å².